The standard InChI is InChI=1S/C20H26N2O2.HI/c1-15(21-11-5-7-19(13-21)17(3)23)9-10-16(2)22-12-6-8-20(14-22)18(4)24;/h5-8,11-16H,9-10H2,1-4H3;1H/q+2;/p-1. The highest BCUT2D eigenvalue weighted by atomic mass is 127. The van der Waals surface area contributed by atoms with Crippen LogP contribution in [0.1, 0.15) is 73.3 Å². The number of rotatable bonds is 7. The topological polar surface area (TPSA) is 41.9 Å². The summed E-state index contributed by atoms with van der Waals surface area (Å²) in [7, 11) is 0. The minimum atomic E-state index is 0. The van der Waals surface area contributed by atoms with Crippen LogP contribution in [0.5, 0.6) is 0 Å². The van der Waals surface area contributed by atoms with E-state index in [-0.39, 0.29) is 35.5 Å². The Hall–Kier alpha value is -1.63. The first-order chi connectivity index (χ1) is 11.4. The maximum atomic E-state index is 11.5. The van der Waals surface area contributed by atoms with Crippen molar-refractivity contribution in [1.29, 1.82) is 0 Å². The van der Waals surface area contributed by atoms with Crippen LogP contribution in [0.2, 0.25) is 0 Å². The van der Waals surface area contributed by atoms with Crippen LogP contribution in [-0.2, 0) is 0 Å². The Morgan fingerprint density at radius 1 is 0.840 bits per heavy atom. The van der Waals surface area contributed by atoms with Crippen molar-refractivity contribution in [2.45, 2.75) is 52.6 Å². The molecule has 2 heterocycles. The largest absolute Gasteiger partial charge is 1.00 e. The van der Waals surface area contributed by atoms with Gasteiger partial charge in [0.15, 0.2) is 48.4 Å². The van der Waals surface area contributed by atoms with E-state index in [9.17, 15) is 9.59 Å². The van der Waals surface area contributed by atoms with Crippen molar-refractivity contribution < 1.29 is 42.7 Å². The minimum absolute atomic E-state index is 0. The second-order valence-corrected chi connectivity index (χ2v) is 6.47. The van der Waals surface area contributed by atoms with Crippen molar-refractivity contribution in [3.05, 3.63) is 60.2 Å². The maximum Gasteiger partial charge on any atom is 0.179 e. The van der Waals surface area contributed by atoms with Gasteiger partial charge in [-0.1, -0.05) is 0 Å². The van der Waals surface area contributed by atoms with Gasteiger partial charge in [0.1, 0.15) is 0 Å². The Balaban J connectivity index is 0.00000312. The monoisotopic (exact) mass is 453 g/mol. The highest BCUT2D eigenvalue weighted by Gasteiger charge is 2.19. The number of halogens is 1. The van der Waals surface area contributed by atoms with Crippen LogP contribution in [0.3, 0.4) is 0 Å². The van der Waals surface area contributed by atoms with Gasteiger partial charge in [-0.2, -0.15) is 0 Å². The number of hydrogen-bond donors (Lipinski definition) is 0. The van der Waals surface area contributed by atoms with Crippen molar-refractivity contribution >= 4 is 11.6 Å². The lowest BCUT2D eigenvalue weighted by molar-refractivity contribution is -0.732. The van der Waals surface area contributed by atoms with Crippen LogP contribution >= 0.6 is 0 Å². The third kappa shape index (κ3) is 5.99. The van der Waals surface area contributed by atoms with Crippen LogP contribution in [-0.4, -0.2) is 11.6 Å². The fraction of sp³-hybridized carbons (Fsp3) is 0.400. The SMILES string of the molecule is CC(=O)c1ccc[n+](C(C)CCC(C)[n+]2cccc(C(C)=O)c2)c1.[I-]. The summed E-state index contributed by atoms with van der Waals surface area (Å²) >= 11 is 0. The summed E-state index contributed by atoms with van der Waals surface area (Å²) in [5.41, 5.74) is 1.47. The Bertz CT molecular complexity index is 682. The van der Waals surface area contributed by atoms with Gasteiger partial charge in [-0.05, 0) is 39.8 Å². The molecule has 25 heavy (non-hydrogen) atoms. The van der Waals surface area contributed by atoms with Gasteiger partial charge in [0.25, 0.3) is 0 Å². The Morgan fingerprint density at radius 3 is 1.52 bits per heavy atom. The second kappa shape index (κ2) is 9.75. The summed E-state index contributed by atoms with van der Waals surface area (Å²) in [4.78, 5) is 23.0. The molecule has 0 saturated carbocycles. The van der Waals surface area contributed by atoms with Crippen LogP contribution in [0, 0.1) is 0 Å². The molecule has 0 aromatic carbocycles. The highest BCUT2D eigenvalue weighted by Crippen LogP contribution is 2.13. The molecule has 0 aliphatic heterocycles. The van der Waals surface area contributed by atoms with Gasteiger partial charge < -0.3 is 24.0 Å². The lowest BCUT2D eigenvalue weighted by Gasteiger charge is -2.11. The molecule has 2 aromatic rings. The predicted molar refractivity (Wildman–Crippen MR) is 91.9 cm³/mol. The number of aromatic nitrogens is 2. The zero-order valence-electron chi connectivity index (χ0n) is 15.3. The van der Waals surface area contributed by atoms with Gasteiger partial charge in [-0.25, -0.2) is 9.13 Å². The van der Waals surface area contributed by atoms with Crippen molar-refractivity contribution in [3.63, 3.8) is 0 Å². The number of ketones is 2. The second-order valence-electron chi connectivity index (χ2n) is 6.47. The van der Waals surface area contributed by atoms with Gasteiger partial charge in [-0.3, -0.25) is 9.59 Å². The Kier molecular flexibility index (Phi) is 8.35. The molecule has 134 valence electrons. The Labute approximate surface area is 166 Å². The van der Waals surface area contributed by atoms with Gasteiger partial charge in [0, 0.05) is 25.0 Å². The van der Waals surface area contributed by atoms with E-state index in [4.69, 9.17) is 0 Å². The molecule has 0 fully saturated rings. The molecular formula is C20H26IN2O2+. The molecule has 5 heteroatoms. The zero-order valence-corrected chi connectivity index (χ0v) is 17.4. The van der Waals surface area contributed by atoms with E-state index in [2.05, 4.69) is 23.0 Å². The minimum Gasteiger partial charge on any atom is -1.00 e. The van der Waals surface area contributed by atoms with Gasteiger partial charge >= 0.3 is 0 Å². The van der Waals surface area contributed by atoms with Gasteiger partial charge in [-0.15, -0.1) is 0 Å². The van der Waals surface area contributed by atoms with Crippen LogP contribution < -0.4 is 33.1 Å². The van der Waals surface area contributed by atoms with E-state index in [1.54, 1.807) is 13.8 Å². The lowest BCUT2D eigenvalue weighted by atomic mass is 10.1. The van der Waals surface area contributed by atoms with Crippen LogP contribution in [0.4, 0.5) is 0 Å². The molecule has 2 atom stereocenters. The third-order valence-electron chi connectivity index (χ3n) is 4.48. The van der Waals surface area contributed by atoms with Gasteiger partial charge in [0.05, 0.1) is 11.1 Å². The molecule has 0 spiro atoms. The van der Waals surface area contributed by atoms with E-state index in [0.29, 0.717) is 12.1 Å². The molecular weight excluding hydrogens is 427 g/mol. The molecule has 0 N–H and O–H groups in total. The summed E-state index contributed by atoms with van der Waals surface area (Å²) < 4.78 is 4.19. The van der Waals surface area contributed by atoms with E-state index >= 15 is 0 Å². The number of nitrogens with zero attached hydrogens (tertiary/aromatic N) is 2. The van der Waals surface area contributed by atoms with Crippen LogP contribution in [0.25, 0.3) is 0 Å². The summed E-state index contributed by atoms with van der Waals surface area (Å²) in [5, 5.41) is 0. The first-order valence-corrected chi connectivity index (χ1v) is 8.42. The zero-order chi connectivity index (χ0) is 17.7. The molecule has 0 aliphatic rings. The summed E-state index contributed by atoms with van der Waals surface area (Å²) in [5.74, 6) is 0.169. The predicted octanol–water partition coefficient (Wildman–Crippen LogP) is 0.273. The maximum absolute atomic E-state index is 11.5. The highest BCUT2D eigenvalue weighted by molar-refractivity contribution is 5.93. The van der Waals surface area contributed by atoms with Gasteiger partial charge in [0.2, 0.25) is 0 Å². The molecule has 0 radical (unpaired) electrons. The van der Waals surface area contributed by atoms with Crippen molar-refractivity contribution in [2.75, 3.05) is 0 Å². The van der Waals surface area contributed by atoms with E-state index in [1.165, 1.54) is 0 Å². The van der Waals surface area contributed by atoms with Crippen molar-refractivity contribution in [2.24, 2.45) is 0 Å². The third-order valence-corrected chi connectivity index (χ3v) is 4.48. The number of pyridine rings is 2. The van der Waals surface area contributed by atoms with Crippen molar-refractivity contribution in [3.8, 4) is 0 Å². The van der Waals surface area contributed by atoms with Crippen LogP contribution in [0.15, 0.2) is 49.1 Å². The first kappa shape index (κ1) is 21.4. The average Bonchev–Trinajstić information content (AvgIpc) is 2.59. The molecule has 0 saturated heterocycles. The number of carbonyl (C=O) groups is 2. The van der Waals surface area contributed by atoms with E-state index < -0.39 is 0 Å². The van der Waals surface area contributed by atoms with Crippen molar-refractivity contribution in [1.82, 2.24) is 0 Å². The molecule has 0 amide bonds. The molecule has 2 aromatic heterocycles. The molecule has 4 nitrogen and oxygen atoms in total. The smallest absolute Gasteiger partial charge is 0.179 e. The number of Topliss-reactive ketones (excluding diaryl/α,β-unsaturated/α-hetero) is 2. The molecule has 0 bridgehead atoms. The fourth-order valence-electron chi connectivity index (χ4n) is 2.73. The van der Waals surface area contributed by atoms with E-state index in [0.717, 1.165) is 24.0 Å². The fourth-order valence-corrected chi connectivity index (χ4v) is 2.73. The molecule has 0 aliphatic carbocycles. The molecule has 2 rings (SSSR count). The number of carbonyl (C=O) groups excluding carboxylic acids is 2. The first-order valence-electron chi connectivity index (χ1n) is 8.42. The molecule has 2 unspecified atom stereocenters. The van der Waals surface area contributed by atoms with E-state index in [1.807, 2.05) is 49.1 Å². The average molecular weight is 453 g/mol. The number of hydrogen-bond acceptors (Lipinski definition) is 2. The Morgan fingerprint density at radius 2 is 1.20 bits per heavy atom. The summed E-state index contributed by atoms with van der Waals surface area (Å²) in [6.45, 7) is 7.50. The lowest BCUT2D eigenvalue weighted by Crippen LogP contribution is -3.00. The quantitative estimate of drug-likeness (QED) is 0.343. The summed E-state index contributed by atoms with van der Waals surface area (Å²) in [6, 6.07) is 8.14. The summed E-state index contributed by atoms with van der Waals surface area (Å²) in [6.07, 6.45) is 9.83. The normalized spacial score (nSPS) is 12.8.